The van der Waals surface area contributed by atoms with Crippen LogP contribution >= 0.6 is 15.9 Å². The van der Waals surface area contributed by atoms with E-state index in [1.165, 1.54) is 11.1 Å². The molecule has 0 aliphatic carbocycles. The predicted octanol–water partition coefficient (Wildman–Crippen LogP) is 5.18. The fourth-order valence-corrected chi connectivity index (χ4v) is 3.47. The maximum Gasteiger partial charge on any atom is 0.261 e. The van der Waals surface area contributed by atoms with Crippen LogP contribution in [0.5, 0.6) is 0 Å². The molecule has 3 nitrogen and oxygen atoms in total. The average molecular weight is 405 g/mol. The Bertz CT molecular complexity index is 1130. The topological polar surface area (TPSA) is 34.9 Å². The van der Waals surface area contributed by atoms with Crippen molar-refractivity contribution in [3.8, 4) is 11.1 Å². The summed E-state index contributed by atoms with van der Waals surface area (Å²) in [4.78, 5) is 17.5. The Hall–Kier alpha value is -2.72. The van der Waals surface area contributed by atoms with Crippen molar-refractivity contribution in [3.05, 3.63) is 99.0 Å². The molecule has 128 valence electrons. The lowest BCUT2D eigenvalue weighted by molar-refractivity contribution is 0.713. The van der Waals surface area contributed by atoms with E-state index in [1.807, 2.05) is 43.3 Å². The van der Waals surface area contributed by atoms with Crippen molar-refractivity contribution in [1.29, 1.82) is 0 Å². The standard InChI is InChI=1S/C22H17BrN2O/c1-15-24-21-12-11-19(23)13-20(21)22(26)25(15)14-16-7-9-18(10-8-16)17-5-3-2-4-6-17/h2-13H,14H2,1H3. The molecule has 0 unspecified atom stereocenters. The zero-order chi connectivity index (χ0) is 18.1. The van der Waals surface area contributed by atoms with Gasteiger partial charge in [0.1, 0.15) is 5.82 Å². The predicted molar refractivity (Wildman–Crippen MR) is 109 cm³/mol. The number of aryl methyl sites for hydroxylation is 1. The summed E-state index contributed by atoms with van der Waals surface area (Å²) in [6.45, 7) is 2.39. The van der Waals surface area contributed by atoms with Gasteiger partial charge in [-0.1, -0.05) is 70.5 Å². The molecule has 0 atom stereocenters. The molecular weight excluding hydrogens is 388 g/mol. The van der Waals surface area contributed by atoms with Crippen LogP contribution in [-0.2, 0) is 6.54 Å². The third-order valence-electron chi connectivity index (χ3n) is 4.51. The fourth-order valence-electron chi connectivity index (χ4n) is 3.11. The van der Waals surface area contributed by atoms with E-state index < -0.39 is 0 Å². The molecule has 0 bridgehead atoms. The van der Waals surface area contributed by atoms with E-state index in [0.717, 1.165) is 21.4 Å². The molecule has 4 heteroatoms. The van der Waals surface area contributed by atoms with Crippen LogP contribution in [0.2, 0.25) is 0 Å². The van der Waals surface area contributed by atoms with Gasteiger partial charge in [0.15, 0.2) is 0 Å². The Balaban J connectivity index is 1.70. The molecular formula is C22H17BrN2O. The highest BCUT2D eigenvalue weighted by molar-refractivity contribution is 9.10. The monoisotopic (exact) mass is 404 g/mol. The molecule has 0 fully saturated rings. The molecule has 26 heavy (non-hydrogen) atoms. The van der Waals surface area contributed by atoms with E-state index in [-0.39, 0.29) is 5.56 Å². The van der Waals surface area contributed by atoms with Crippen LogP contribution in [-0.4, -0.2) is 9.55 Å². The molecule has 0 saturated heterocycles. The number of aromatic nitrogens is 2. The summed E-state index contributed by atoms with van der Waals surface area (Å²) in [6, 6.07) is 24.2. The van der Waals surface area contributed by atoms with Crippen molar-refractivity contribution in [3.63, 3.8) is 0 Å². The molecule has 0 aliphatic heterocycles. The van der Waals surface area contributed by atoms with Crippen LogP contribution in [0.1, 0.15) is 11.4 Å². The lowest BCUT2D eigenvalue weighted by atomic mass is 10.0. The summed E-state index contributed by atoms with van der Waals surface area (Å²) in [5.74, 6) is 0.719. The molecule has 0 aliphatic rings. The number of hydrogen-bond donors (Lipinski definition) is 0. The van der Waals surface area contributed by atoms with Gasteiger partial charge in [0, 0.05) is 4.47 Å². The van der Waals surface area contributed by atoms with Crippen LogP contribution in [0.15, 0.2) is 82.1 Å². The Labute approximate surface area is 160 Å². The number of fused-ring (bicyclic) bond motifs is 1. The molecule has 0 N–H and O–H groups in total. The Kier molecular flexibility index (Phi) is 4.43. The third kappa shape index (κ3) is 3.20. The van der Waals surface area contributed by atoms with Gasteiger partial charge in [0.05, 0.1) is 17.4 Å². The largest absolute Gasteiger partial charge is 0.292 e. The zero-order valence-electron chi connectivity index (χ0n) is 14.3. The minimum Gasteiger partial charge on any atom is -0.292 e. The number of halogens is 1. The van der Waals surface area contributed by atoms with Gasteiger partial charge in [-0.2, -0.15) is 0 Å². The van der Waals surface area contributed by atoms with Crippen LogP contribution in [0.25, 0.3) is 22.0 Å². The van der Waals surface area contributed by atoms with Crippen LogP contribution in [0.4, 0.5) is 0 Å². The van der Waals surface area contributed by atoms with Crippen LogP contribution < -0.4 is 5.56 Å². The third-order valence-corrected chi connectivity index (χ3v) is 5.00. The Morgan fingerprint density at radius 1 is 0.923 bits per heavy atom. The van der Waals surface area contributed by atoms with E-state index in [2.05, 4.69) is 57.3 Å². The maximum atomic E-state index is 12.9. The molecule has 0 spiro atoms. The van der Waals surface area contributed by atoms with E-state index in [4.69, 9.17) is 0 Å². The number of benzene rings is 3. The van der Waals surface area contributed by atoms with Crippen molar-refractivity contribution in [2.45, 2.75) is 13.5 Å². The van der Waals surface area contributed by atoms with Crippen molar-refractivity contribution in [2.24, 2.45) is 0 Å². The summed E-state index contributed by atoms with van der Waals surface area (Å²) < 4.78 is 2.61. The summed E-state index contributed by atoms with van der Waals surface area (Å²) >= 11 is 3.43. The zero-order valence-corrected chi connectivity index (χ0v) is 15.9. The molecule has 0 radical (unpaired) electrons. The molecule has 0 amide bonds. The lowest BCUT2D eigenvalue weighted by Gasteiger charge is -2.12. The first-order valence-electron chi connectivity index (χ1n) is 8.43. The van der Waals surface area contributed by atoms with E-state index in [0.29, 0.717) is 11.9 Å². The SMILES string of the molecule is Cc1nc2ccc(Br)cc2c(=O)n1Cc1ccc(-c2ccccc2)cc1. The molecule has 1 aromatic heterocycles. The van der Waals surface area contributed by atoms with E-state index in [9.17, 15) is 4.79 Å². The Morgan fingerprint density at radius 2 is 1.62 bits per heavy atom. The average Bonchev–Trinajstić information content (AvgIpc) is 2.67. The quantitative estimate of drug-likeness (QED) is 0.471. The minimum absolute atomic E-state index is 0.0130. The van der Waals surface area contributed by atoms with Crippen LogP contribution in [0, 0.1) is 6.92 Å². The molecule has 4 aromatic rings. The van der Waals surface area contributed by atoms with Gasteiger partial charge in [-0.15, -0.1) is 0 Å². The Morgan fingerprint density at radius 3 is 2.35 bits per heavy atom. The first-order chi connectivity index (χ1) is 12.6. The second-order valence-corrected chi connectivity index (χ2v) is 7.19. The molecule has 1 heterocycles. The van der Waals surface area contributed by atoms with Gasteiger partial charge >= 0.3 is 0 Å². The van der Waals surface area contributed by atoms with Crippen LogP contribution in [0.3, 0.4) is 0 Å². The molecule has 0 saturated carbocycles. The summed E-state index contributed by atoms with van der Waals surface area (Å²) in [7, 11) is 0. The highest BCUT2D eigenvalue weighted by Gasteiger charge is 2.09. The fraction of sp³-hybridized carbons (Fsp3) is 0.0909. The highest BCUT2D eigenvalue weighted by atomic mass is 79.9. The summed E-state index contributed by atoms with van der Waals surface area (Å²) in [5, 5.41) is 0.630. The minimum atomic E-state index is -0.0130. The van der Waals surface area contributed by atoms with Gasteiger partial charge in [-0.25, -0.2) is 4.98 Å². The van der Waals surface area contributed by atoms with Crippen molar-refractivity contribution in [1.82, 2.24) is 9.55 Å². The van der Waals surface area contributed by atoms with E-state index in [1.54, 1.807) is 4.57 Å². The normalized spacial score (nSPS) is 11.0. The first-order valence-corrected chi connectivity index (χ1v) is 9.22. The van der Waals surface area contributed by atoms with Crippen molar-refractivity contribution in [2.75, 3.05) is 0 Å². The number of rotatable bonds is 3. The van der Waals surface area contributed by atoms with Crippen molar-refractivity contribution < 1.29 is 0 Å². The smallest absolute Gasteiger partial charge is 0.261 e. The number of nitrogens with zero attached hydrogens (tertiary/aromatic N) is 2. The van der Waals surface area contributed by atoms with Gasteiger partial charge in [-0.3, -0.25) is 9.36 Å². The second-order valence-electron chi connectivity index (χ2n) is 6.27. The molecule has 4 rings (SSSR count). The van der Waals surface area contributed by atoms with Crippen molar-refractivity contribution >= 4 is 26.8 Å². The number of hydrogen-bond acceptors (Lipinski definition) is 2. The van der Waals surface area contributed by atoms with Gasteiger partial charge < -0.3 is 0 Å². The lowest BCUT2D eigenvalue weighted by Crippen LogP contribution is -2.24. The summed E-state index contributed by atoms with van der Waals surface area (Å²) in [5.41, 5.74) is 4.14. The highest BCUT2D eigenvalue weighted by Crippen LogP contribution is 2.20. The van der Waals surface area contributed by atoms with Gasteiger partial charge in [-0.05, 0) is 41.8 Å². The van der Waals surface area contributed by atoms with Gasteiger partial charge in [0.25, 0.3) is 5.56 Å². The molecule has 3 aromatic carbocycles. The van der Waals surface area contributed by atoms with Gasteiger partial charge in [0.2, 0.25) is 0 Å². The first kappa shape index (κ1) is 16.7. The summed E-state index contributed by atoms with van der Waals surface area (Å²) in [6.07, 6.45) is 0. The maximum absolute atomic E-state index is 12.9. The second kappa shape index (κ2) is 6.89. The van der Waals surface area contributed by atoms with E-state index >= 15 is 0 Å².